The van der Waals surface area contributed by atoms with Gasteiger partial charge in [0.15, 0.2) is 5.65 Å². The van der Waals surface area contributed by atoms with E-state index >= 15 is 0 Å². The van der Waals surface area contributed by atoms with E-state index in [9.17, 15) is 4.79 Å². The third-order valence-electron chi connectivity index (χ3n) is 6.56. The van der Waals surface area contributed by atoms with Crippen LogP contribution in [0.3, 0.4) is 0 Å². The zero-order chi connectivity index (χ0) is 24.4. The summed E-state index contributed by atoms with van der Waals surface area (Å²) in [6.07, 6.45) is 14.2. The maximum absolute atomic E-state index is 13.1. The predicted molar refractivity (Wildman–Crippen MR) is 136 cm³/mol. The number of allylic oxidation sites excluding steroid dienone is 2. The number of fused-ring (bicyclic) bond motifs is 1. The molecule has 5 heterocycles. The third-order valence-corrected chi connectivity index (χ3v) is 6.56. The van der Waals surface area contributed by atoms with Crippen LogP contribution in [0.1, 0.15) is 60.1 Å². The first-order chi connectivity index (χ1) is 17.1. The maximum Gasteiger partial charge on any atom is 0.260 e. The van der Waals surface area contributed by atoms with Gasteiger partial charge < -0.3 is 15.0 Å². The molecular weight excluding hydrogens is 442 g/mol. The molecule has 9 heteroatoms. The van der Waals surface area contributed by atoms with Crippen molar-refractivity contribution in [2.24, 2.45) is 4.99 Å². The number of nitrogens with one attached hydrogen (secondary N) is 1. The fourth-order valence-electron chi connectivity index (χ4n) is 4.67. The predicted octanol–water partition coefficient (Wildman–Crippen LogP) is 3.98. The van der Waals surface area contributed by atoms with Gasteiger partial charge in [-0.05, 0) is 56.4 Å². The lowest BCUT2D eigenvalue weighted by Crippen LogP contribution is -2.25. The van der Waals surface area contributed by atoms with Gasteiger partial charge in [0.25, 0.3) is 5.91 Å². The Morgan fingerprint density at radius 3 is 3.03 bits per heavy atom. The standard InChI is InChI=1S/C26H29N7O2/c1-4-18-14-20(26(35-3)28-15-18)22-6-5-12-32(22)23-10-13-33-24(31-23)21(16-29-33)25(34)30-19-8-7-17(2)27-11-9-19/h4,9-11,13-17,22H,1,5-8,12H2,2-3H3,(H,30,34). The summed E-state index contributed by atoms with van der Waals surface area (Å²) in [5, 5.41) is 7.36. The lowest BCUT2D eigenvalue weighted by molar-refractivity contribution is 0.0966. The third kappa shape index (κ3) is 4.53. The van der Waals surface area contributed by atoms with Gasteiger partial charge in [0.05, 0.1) is 19.3 Å². The molecule has 9 nitrogen and oxygen atoms in total. The number of carbonyl (C=O) groups is 1. The van der Waals surface area contributed by atoms with Gasteiger partial charge in [0.1, 0.15) is 11.4 Å². The summed E-state index contributed by atoms with van der Waals surface area (Å²) in [5.74, 6) is 1.17. The highest BCUT2D eigenvalue weighted by Gasteiger charge is 2.31. The van der Waals surface area contributed by atoms with Crippen molar-refractivity contribution in [2.75, 3.05) is 18.6 Å². The van der Waals surface area contributed by atoms with Gasteiger partial charge in [-0.25, -0.2) is 14.5 Å². The summed E-state index contributed by atoms with van der Waals surface area (Å²) in [6.45, 7) is 6.78. The van der Waals surface area contributed by atoms with Gasteiger partial charge in [-0.15, -0.1) is 0 Å². The smallest absolute Gasteiger partial charge is 0.260 e. The van der Waals surface area contributed by atoms with E-state index in [1.165, 1.54) is 0 Å². The average Bonchev–Trinajstić information content (AvgIpc) is 3.48. The van der Waals surface area contributed by atoms with Gasteiger partial charge in [-0.3, -0.25) is 9.79 Å². The van der Waals surface area contributed by atoms with E-state index in [0.717, 1.165) is 54.9 Å². The number of aromatic nitrogens is 4. The molecule has 5 rings (SSSR count). The minimum absolute atomic E-state index is 0.0601. The van der Waals surface area contributed by atoms with Crippen LogP contribution in [-0.2, 0) is 0 Å². The molecule has 0 radical (unpaired) electrons. The first kappa shape index (κ1) is 22.8. The van der Waals surface area contributed by atoms with Crippen LogP contribution in [0, 0.1) is 0 Å². The van der Waals surface area contributed by atoms with Crippen molar-refractivity contribution in [1.82, 2.24) is 24.9 Å². The number of amides is 1. The SMILES string of the molecule is C=Cc1cnc(OC)c(C2CCCN2c2ccn3ncc(C(=O)NC4=CC=NC(C)CC4)c3n2)c1. The number of nitrogens with zero attached hydrogens (tertiary/aromatic N) is 6. The summed E-state index contributed by atoms with van der Waals surface area (Å²) in [7, 11) is 1.64. The number of ether oxygens (including phenoxy) is 1. The molecule has 0 aliphatic carbocycles. The molecule has 35 heavy (non-hydrogen) atoms. The first-order valence-corrected chi connectivity index (χ1v) is 11.9. The minimum Gasteiger partial charge on any atom is -0.481 e. The Kier molecular flexibility index (Phi) is 6.31. The van der Waals surface area contributed by atoms with E-state index in [1.54, 1.807) is 36.3 Å². The van der Waals surface area contributed by atoms with E-state index in [4.69, 9.17) is 9.72 Å². The van der Waals surface area contributed by atoms with Crippen LogP contribution >= 0.6 is 0 Å². The van der Waals surface area contributed by atoms with Crippen molar-refractivity contribution in [3.8, 4) is 5.88 Å². The number of aliphatic imine (C=N–C) groups is 1. The Morgan fingerprint density at radius 2 is 2.20 bits per heavy atom. The Labute approximate surface area is 204 Å². The molecule has 3 aromatic rings. The summed E-state index contributed by atoms with van der Waals surface area (Å²) >= 11 is 0. The molecule has 0 saturated carbocycles. The summed E-state index contributed by atoms with van der Waals surface area (Å²) in [5.41, 5.74) is 3.75. The van der Waals surface area contributed by atoms with E-state index < -0.39 is 0 Å². The summed E-state index contributed by atoms with van der Waals surface area (Å²) in [4.78, 5) is 29.1. The molecule has 2 aliphatic heterocycles. The van der Waals surface area contributed by atoms with Crippen LogP contribution in [0.15, 0.2) is 54.1 Å². The van der Waals surface area contributed by atoms with Gasteiger partial charge in [-0.1, -0.05) is 12.7 Å². The van der Waals surface area contributed by atoms with Gasteiger partial charge in [0.2, 0.25) is 5.88 Å². The molecule has 2 atom stereocenters. The topological polar surface area (TPSA) is 97.0 Å². The lowest BCUT2D eigenvalue weighted by Gasteiger charge is -2.27. The van der Waals surface area contributed by atoms with Gasteiger partial charge in [-0.2, -0.15) is 5.10 Å². The Morgan fingerprint density at radius 1 is 1.31 bits per heavy atom. The number of anilines is 1. The van der Waals surface area contributed by atoms with Crippen molar-refractivity contribution in [1.29, 1.82) is 0 Å². The van der Waals surface area contributed by atoms with Crippen LogP contribution < -0.4 is 15.0 Å². The quantitative estimate of drug-likeness (QED) is 0.584. The molecule has 1 saturated heterocycles. The molecule has 1 amide bonds. The van der Waals surface area contributed by atoms with Crippen LogP contribution in [0.5, 0.6) is 5.88 Å². The van der Waals surface area contributed by atoms with Gasteiger partial charge in [0, 0.05) is 42.5 Å². The monoisotopic (exact) mass is 471 g/mol. The van der Waals surface area contributed by atoms with Gasteiger partial charge >= 0.3 is 0 Å². The largest absolute Gasteiger partial charge is 0.481 e. The molecule has 3 aromatic heterocycles. The van der Waals surface area contributed by atoms with E-state index in [2.05, 4.69) is 44.9 Å². The second-order valence-corrected chi connectivity index (χ2v) is 8.87. The van der Waals surface area contributed by atoms with Crippen molar-refractivity contribution < 1.29 is 9.53 Å². The highest BCUT2D eigenvalue weighted by atomic mass is 16.5. The molecule has 0 spiro atoms. The van der Waals surface area contributed by atoms with Crippen LogP contribution in [-0.4, -0.2) is 51.4 Å². The number of methoxy groups -OCH3 is 1. The molecule has 1 fully saturated rings. The van der Waals surface area contributed by atoms with Crippen molar-refractivity contribution >= 4 is 29.7 Å². The van der Waals surface area contributed by atoms with Crippen LogP contribution in [0.4, 0.5) is 5.82 Å². The number of carbonyl (C=O) groups excluding carboxylic acids is 1. The molecule has 2 aliphatic rings. The fourth-order valence-corrected chi connectivity index (χ4v) is 4.67. The Bertz CT molecular complexity index is 1330. The lowest BCUT2D eigenvalue weighted by atomic mass is 10.0. The summed E-state index contributed by atoms with van der Waals surface area (Å²) in [6, 6.07) is 4.31. The van der Waals surface area contributed by atoms with E-state index in [-0.39, 0.29) is 18.0 Å². The van der Waals surface area contributed by atoms with Crippen molar-refractivity contribution in [3.63, 3.8) is 0 Å². The number of hydrogen-bond donors (Lipinski definition) is 1. The highest BCUT2D eigenvalue weighted by molar-refractivity contribution is 6.01. The normalized spacial score (nSPS) is 19.9. The number of rotatable bonds is 6. The van der Waals surface area contributed by atoms with Crippen LogP contribution in [0.2, 0.25) is 0 Å². The van der Waals surface area contributed by atoms with Crippen LogP contribution in [0.25, 0.3) is 11.7 Å². The van der Waals surface area contributed by atoms with Crippen molar-refractivity contribution in [3.05, 3.63) is 65.8 Å². The molecule has 0 aromatic carbocycles. The zero-order valence-electron chi connectivity index (χ0n) is 20.0. The Balaban J connectivity index is 1.44. The molecule has 0 bridgehead atoms. The van der Waals surface area contributed by atoms with E-state index in [1.807, 2.05) is 18.3 Å². The first-order valence-electron chi connectivity index (χ1n) is 11.9. The molecular formula is C26H29N7O2. The average molecular weight is 472 g/mol. The highest BCUT2D eigenvalue weighted by Crippen LogP contribution is 2.39. The van der Waals surface area contributed by atoms with E-state index in [0.29, 0.717) is 17.1 Å². The molecule has 180 valence electrons. The Hall–Kier alpha value is -4.01. The number of pyridine rings is 1. The zero-order valence-corrected chi connectivity index (χ0v) is 20.0. The molecule has 1 N–H and O–H groups in total. The minimum atomic E-state index is -0.221. The second-order valence-electron chi connectivity index (χ2n) is 8.87. The second kappa shape index (κ2) is 9.69. The summed E-state index contributed by atoms with van der Waals surface area (Å²) < 4.78 is 7.20. The molecule has 2 unspecified atom stereocenters. The maximum atomic E-state index is 13.1. The number of hydrogen-bond acceptors (Lipinski definition) is 7. The van der Waals surface area contributed by atoms with Crippen molar-refractivity contribution in [2.45, 2.75) is 44.7 Å². The fraction of sp³-hybridized carbons (Fsp3) is 0.346.